The highest BCUT2D eigenvalue weighted by molar-refractivity contribution is 7.80. The predicted octanol–water partition coefficient (Wildman–Crippen LogP) is 5.73. The van der Waals surface area contributed by atoms with Crippen molar-refractivity contribution in [3.05, 3.63) is 94.8 Å². The Morgan fingerprint density at radius 1 is 1.00 bits per heavy atom. The summed E-state index contributed by atoms with van der Waals surface area (Å²) in [7, 11) is 0. The average Bonchev–Trinajstić information content (AvgIpc) is 2.88. The first-order chi connectivity index (χ1) is 13.7. The molecule has 0 spiro atoms. The molecule has 142 valence electrons. The van der Waals surface area contributed by atoms with Crippen molar-refractivity contribution in [1.29, 1.82) is 0 Å². The number of aromatic nitrogens is 1. The number of halogens is 1. The van der Waals surface area contributed by atoms with Crippen molar-refractivity contribution < 1.29 is 0 Å². The molecular weight excluding hydrogens is 388 g/mol. The minimum atomic E-state index is 0.532. The molecule has 0 bridgehead atoms. The topological polar surface area (TPSA) is 40.5 Å². The summed E-state index contributed by atoms with van der Waals surface area (Å²) in [5.74, 6) is 0. The van der Waals surface area contributed by atoms with E-state index < -0.39 is 0 Å². The fourth-order valence-electron chi connectivity index (χ4n) is 2.79. The monoisotopic (exact) mass is 408 g/mol. The van der Waals surface area contributed by atoms with Gasteiger partial charge in [-0.1, -0.05) is 61.8 Å². The highest BCUT2D eigenvalue weighted by Crippen LogP contribution is 2.25. The van der Waals surface area contributed by atoms with Crippen molar-refractivity contribution >= 4 is 40.3 Å². The van der Waals surface area contributed by atoms with Crippen LogP contribution < -0.4 is 5.32 Å². The van der Waals surface area contributed by atoms with Crippen molar-refractivity contribution in [3.63, 3.8) is 0 Å². The number of hydrogen-bond donors (Lipinski definition) is 1. The van der Waals surface area contributed by atoms with Gasteiger partial charge in [-0.05, 0) is 42.0 Å². The number of hydrogen-bond acceptors (Lipinski definition) is 3. The molecule has 3 aromatic rings. The standard InChI is InChI=1S/C20H15ClN4S.C2H6/c21-16-9-7-15(8-10-16)19-17-5-1-2-6-18(17)23-20(26)25(24-19)13-14-4-3-11-22-12-14;1-2/h1-12H,13H2,(H,23,26);1-2H3. The summed E-state index contributed by atoms with van der Waals surface area (Å²) in [6, 6.07) is 19.6. The number of fused-ring (bicyclic) bond motifs is 1. The Hall–Kier alpha value is -2.76. The first-order valence-electron chi connectivity index (χ1n) is 9.12. The van der Waals surface area contributed by atoms with Gasteiger partial charge in [0.05, 0.1) is 6.54 Å². The number of nitrogens with zero attached hydrogens (tertiary/aromatic N) is 3. The highest BCUT2D eigenvalue weighted by Gasteiger charge is 2.21. The number of anilines is 1. The van der Waals surface area contributed by atoms with Gasteiger partial charge in [-0.3, -0.25) is 4.98 Å². The average molecular weight is 409 g/mol. The molecule has 0 radical (unpaired) electrons. The van der Waals surface area contributed by atoms with E-state index >= 15 is 0 Å². The lowest BCUT2D eigenvalue weighted by Crippen LogP contribution is -2.29. The Morgan fingerprint density at radius 2 is 1.75 bits per heavy atom. The molecule has 4 rings (SSSR count). The maximum absolute atomic E-state index is 6.05. The lowest BCUT2D eigenvalue weighted by Gasteiger charge is -2.19. The molecule has 0 fully saturated rings. The summed E-state index contributed by atoms with van der Waals surface area (Å²) in [5.41, 5.74) is 4.77. The van der Waals surface area contributed by atoms with Crippen LogP contribution in [-0.2, 0) is 6.54 Å². The second-order valence-electron chi connectivity index (χ2n) is 5.85. The Bertz CT molecular complexity index is 971. The summed E-state index contributed by atoms with van der Waals surface area (Å²) in [6.45, 7) is 4.53. The van der Waals surface area contributed by atoms with Crippen LogP contribution in [0.15, 0.2) is 78.2 Å². The van der Waals surface area contributed by atoms with Gasteiger partial charge >= 0.3 is 0 Å². The summed E-state index contributed by atoms with van der Waals surface area (Å²) < 4.78 is 0. The van der Waals surface area contributed by atoms with Crippen LogP contribution in [0.2, 0.25) is 5.02 Å². The number of hydrazone groups is 1. The van der Waals surface area contributed by atoms with Crippen molar-refractivity contribution in [2.24, 2.45) is 5.10 Å². The Morgan fingerprint density at radius 3 is 2.46 bits per heavy atom. The van der Waals surface area contributed by atoms with Gasteiger partial charge in [-0.2, -0.15) is 5.10 Å². The van der Waals surface area contributed by atoms with E-state index in [1.807, 2.05) is 80.7 Å². The second kappa shape index (κ2) is 9.44. The Balaban J connectivity index is 0.00000109. The summed E-state index contributed by atoms with van der Waals surface area (Å²) in [5, 5.41) is 11.2. The molecule has 2 heterocycles. The molecule has 0 saturated carbocycles. The van der Waals surface area contributed by atoms with Crippen molar-refractivity contribution in [1.82, 2.24) is 9.99 Å². The molecule has 6 heteroatoms. The molecule has 0 amide bonds. The van der Waals surface area contributed by atoms with Crippen LogP contribution in [0.25, 0.3) is 0 Å². The van der Waals surface area contributed by atoms with Crippen molar-refractivity contribution in [3.8, 4) is 0 Å². The van der Waals surface area contributed by atoms with Crippen LogP contribution >= 0.6 is 23.8 Å². The molecule has 1 aliphatic heterocycles. The maximum atomic E-state index is 6.05. The molecule has 0 aliphatic carbocycles. The van der Waals surface area contributed by atoms with E-state index in [1.54, 1.807) is 11.2 Å². The van der Waals surface area contributed by atoms with Gasteiger partial charge < -0.3 is 5.32 Å². The quantitative estimate of drug-likeness (QED) is 0.562. The zero-order chi connectivity index (χ0) is 19.9. The lowest BCUT2D eigenvalue weighted by atomic mass is 10.0. The van der Waals surface area contributed by atoms with E-state index in [9.17, 15) is 0 Å². The fraction of sp³-hybridized carbons (Fsp3) is 0.136. The predicted molar refractivity (Wildman–Crippen MR) is 121 cm³/mol. The van der Waals surface area contributed by atoms with Crippen molar-refractivity contribution in [2.75, 3.05) is 5.32 Å². The second-order valence-corrected chi connectivity index (χ2v) is 6.67. The zero-order valence-electron chi connectivity index (χ0n) is 15.8. The van der Waals surface area contributed by atoms with E-state index in [0.29, 0.717) is 16.7 Å². The smallest absolute Gasteiger partial charge is 0.194 e. The molecule has 1 aromatic heterocycles. The number of nitrogens with one attached hydrogen (secondary N) is 1. The first kappa shape index (κ1) is 20.0. The zero-order valence-corrected chi connectivity index (χ0v) is 17.3. The molecule has 0 saturated heterocycles. The fourth-order valence-corrected chi connectivity index (χ4v) is 3.13. The minimum absolute atomic E-state index is 0.532. The molecular formula is C22H21ClN4S. The molecule has 0 unspecified atom stereocenters. The summed E-state index contributed by atoms with van der Waals surface area (Å²) in [4.78, 5) is 4.17. The third-order valence-corrected chi connectivity index (χ3v) is 4.62. The third kappa shape index (κ3) is 4.55. The lowest BCUT2D eigenvalue weighted by molar-refractivity contribution is 0.447. The molecule has 2 aromatic carbocycles. The summed E-state index contributed by atoms with van der Waals surface area (Å²) in [6.07, 6.45) is 3.57. The van der Waals surface area contributed by atoms with Crippen LogP contribution in [0.4, 0.5) is 5.69 Å². The Labute approximate surface area is 175 Å². The van der Waals surface area contributed by atoms with Gasteiger partial charge in [-0.25, -0.2) is 5.01 Å². The van der Waals surface area contributed by atoms with E-state index in [-0.39, 0.29) is 0 Å². The summed E-state index contributed by atoms with van der Waals surface area (Å²) >= 11 is 11.6. The van der Waals surface area contributed by atoms with Gasteiger partial charge in [0, 0.05) is 34.2 Å². The van der Waals surface area contributed by atoms with Crippen LogP contribution in [0.3, 0.4) is 0 Å². The van der Waals surface area contributed by atoms with E-state index in [2.05, 4.69) is 10.3 Å². The van der Waals surface area contributed by atoms with E-state index in [4.69, 9.17) is 28.9 Å². The number of pyridine rings is 1. The van der Waals surface area contributed by atoms with Gasteiger partial charge in [0.1, 0.15) is 5.71 Å². The normalized spacial score (nSPS) is 12.8. The Kier molecular flexibility index (Phi) is 6.74. The van der Waals surface area contributed by atoms with Crippen molar-refractivity contribution in [2.45, 2.75) is 20.4 Å². The largest absolute Gasteiger partial charge is 0.331 e. The number of benzene rings is 2. The first-order valence-corrected chi connectivity index (χ1v) is 9.91. The molecule has 4 nitrogen and oxygen atoms in total. The van der Waals surface area contributed by atoms with Crippen LogP contribution in [-0.4, -0.2) is 20.8 Å². The number of thiocarbonyl (C=S) groups is 1. The SMILES string of the molecule is CC.S=C1Nc2ccccc2C(c2ccc(Cl)cc2)=NN1Cc1cccnc1. The van der Waals surface area contributed by atoms with Gasteiger partial charge in [-0.15, -0.1) is 0 Å². The molecule has 1 N–H and O–H groups in total. The molecule has 0 atom stereocenters. The van der Waals surface area contributed by atoms with Gasteiger partial charge in [0.15, 0.2) is 5.11 Å². The van der Waals surface area contributed by atoms with E-state index in [1.165, 1.54) is 0 Å². The van der Waals surface area contributed by atoms with E-state index in [0.717, 1.165) is 28.1 Å². The third-order valence-electron chi connectivity index (χ3n) is 4.05. The highest BCUT2D eigenvalue weighted by atomic mass is 35.5. The maximum Gasteiger partial charge on any atom is 0.194 e. The minimum Gasteiger partial charge on any atom is -0.331 e. The van der Waals surface area contributed by atoms with Gasteiger partial charge in [0.2, 0.25) is 0 Å². The van der Waals surface area contributed by atoms with Crippen LogP contribution in [0.5, 0.6) is 0 Å². The van der Waals surface area contributed by atoms with Crippen LogP contribution in [0.1, 0.15) is 30.5 Å². The number of para-hydroxylation sites is 1. The van der Waals surface area contributed by atoms with Gasteiger partial charge in [0.25, 0.3) is 0 Å². The van der Waals surface area contributed by atoms with Crippen LogP contribution in [0, 0.1) is 0 Å². The molecule has 28 heavy (non-hydrogen) atoms. The molecule has 1 aliphatic rings. The number of rotatable bonds is 3.